The van der Waals surface area contributed by atoms with Gasteiger partial charge >= 0.3 is 0 Å². The summed E-state index contributed by atoms with van der Waals surface area (Å²) in [4.78, 5) is 2.71. The zero-order valence-corrected chi connectivity index (χ0v) is 13.4. The van der Waals surface area contributed by atoms with Crippen LogP contribution in [0.2, 0.25) is 0 Å². The molecule has 114 valence electrons. The van der Waals surface area contributed by atoms with Crippen LogP contribution in [0.1, 0.15) is 84.5 Å². The molecule has 1 rings (SSSR count). The SMILES string of the molecule is CCCCCCCCCC(CN)N(CCC)C1CC1. The summed E-state index contributed by atoms with van der Waals surface area (Å²) < 4.78 is 0. The van der Waals surface area contributed by atoms with Crippen LogP contribution < -0.4 is 5.73 Å². The minimum Gasteiger partial charge on any atom is -0.329 e. The number of hydrogen-bond acceptors (Lipinski definition) is 2. The molecule has 0 aromatic carbocycles. The Hall–Kier alpha value is -0.0800. The molecular weight excluding hydrogens is 232 g/mol. The molecule has 0 radical (unpaired) electrons. The van der Waals surface area contributed by atoms with E-state index < -0.39 is 0 Å². The summed E-state index contributed by atoms with van der Waals surface area (Å²) in [6.45, 7) is 6.68. The Morgan fingerprint density at radius 3 is 2.11 bits per heavy atom. The smallest absolute Gasteiger partial charge is 0.0221 e. The van der Waals surface area contributed by atoms with Crippen LogP contribution in [0.4, 0.5) is 0 Å². The van der Waals surface area contributed by atoms with Crippen LogP contribution in [0.3, 0.4) is 0 Å². The highest BCUT2D eigenvalue weighted by molar-refractivity contribution is 4.88. The number of nitrogens with two attached hydrogens (primary N) is 1. The van der Waals surface area contributed by atoms with Crippen LogP contribution in [0, 0.1) is 0 Å². The van der Waals surface area contributed by atoms with E-state index in [0.717, 1.165) is 12.6 Å². The molecule has 1 atom stereocenters. The molecule has 1 aliphatic carbocycles. The zero-order valence-electron chi connectivity index (χ0n) is 13.4. The van der Waals surface area contributed by atoms with Crippen molar-refractivity contribution in [3.05, 3.63) is 0 Å². The maximum Gasteiger partial charge on any atom is 0.0221 e. The average molecular weight is 268 g/mol. The third-order valence-electron chi connectivity index (χ3n) is 4.38. The van der Waals surface area contributed by atoms with Gasteiger partial charge in [0.25, 0.3) is 0 Å². The van der Waals surface area contributed by atoms with Crippen LogP contribution in [-0.2, 0) is 0 Å². The topological polar surface area (TPSA) is 29.3 Å². The van der Waals surface area contributed by atoms with Crippen molar-refractivity contribution >= 4 is 0 Å². The van der Waals surface area contributed by atoms with Gasteiger partial charge in [-0.25, -0.2) is 0 Å². The fourth-order valence-corrected chi connectivity index (χ4v) is 3.08. The van der Waals surface area contributed by atoms with Gasteiger partial charge in [-0.2, -0.15) is 0 Å². The van der Waals surface area contributed by atoms with Gasteiger partial charge in [-0.15, -0.1) is 0 Å². The molecule has 2 N–H and O–H groups in total. The molecule has 0 aromatic rings. The lowest BCUT2D eigenvalue weighted by atomic mass is 10.0. The average Bonchev–Trinajstić information content (AvgIpc) is 3.24. The number of hydrogen-bond donors (Lipinski definition) is 1. The van der Waals surface area contributed by atoms with Crippen molar-refractivity contribution in [3.63, 3.8) is 0 Å². The molecule has 1 aliphatic rings. The summed E-state index contributed by atoms with van der Waals surface area (Å²) in [6.07, 6.45) is 15.2. The van der Waals surface area contributed by atoms with Gasteiger partial charge < -0.3 is 5.73 Å². The second kappa shape index (κ2) is 10.7. The van der Waals surface area contributed by atoms with E-state index in [9.17, 15) is 0 Å². The molecule has 0 aromatic heterocycles. The molecule has 0 bridgehead atoms. The van der Waals surface area contributed by atoms with Gasteiger partial charge in [0.15, 0.2) is 0 Å². The number of unbranched alkanes of at least 4 members (excludes halogenated alkanes) is 6. The second-order valence-corrected chi connectivity index (χ2v) is 6.27. The van der Waals surface area contributed by atoms with Crippen molar-refractivity contribution < 1.29 is 0 Å². The minimum atomic E-state index is 0.656. The molecule has 1 unspecified atom stereocenters. The standard InChI is InChI=1S/C17H36N2/c1-3-5-6-7-8-9-10-11-17(15-18)19(14-4-2)16-12-13-16/h16-17H,3-15,18H2,1-2H3. The van der Waals surface area contributed by atoms with E-state index in [4.69, 9.17) is 5.73 Å². The molecule has 19 heavy (non-hydrogen) atoms. The summed E-state index contributed by atoms with van der Waals surface area (Å²) in [5, 5.41) is 0. The summed E-state index contributed by atoms with van der Waals surface area (Å²) in [7, 11) is 0. The quantitative estimate of drug-likeness (QED) is 0.504. The molecule has 1 fully saturated rings. The van der Waals surface area contributed by atoms with E-state index in [1.807, 2.05) is 0 Å². The molecule has 0 heterocycles. The maximum absolute atomic E-state index is 6.01. The summed E-state index contributed by atoms with van der Waals surface area (Å²) >= 11 is 0. The molecule has 2 nitrogen and oxygen atoms in total. The van der Waals surface area contributed by atoms with Crippen LogP contribution >= 0.6 is 0 Å². The first kappa shape index (κ1) is 17.0. The lowest BCUT2D eigenvalue weighted by molar-refractivity contribution is 0.178. The molecule has 0 spiro atoms. The zero-order chi connectivity index (χ0) is 13.9. The Morgan fingerprint density at radius 1 is 0.947 bits per heavy atom. The highest BCUT2D eigenvalue weighted by atomic mass is 15.2. The van der Waals surface area contributed by atoms with Crippen molar-refractivity contribution in [2.75, 3.05) is 13.1 Å². The molecular formula is C17H36N2. The van der Waals surface area contributed by atoms with Crippen molar-refractivity contribution in [1.29, 1.82) is 0 Å². The molecule has 1 saturated carbocycles. The Labute approximate surface area is 121 Å². The Balaban J connectivity index is 2.09. The highest BCUT2D eigenvalue weighted by Crippen LogP contribution is 2.30. The molecule has 0 aliphatic heterocycles. The van der Waals surface area contributed by atoms with E-state index in [1.54, 1.807) is 0 Å². The largest absolute Gasteiger partial charge is 0.329 e. The summed E-state index contributed by atoms with van der Waals surface area (Å²) in [6, 6.07) is 1.53. The van der Waals surface area contributed by atoms with E-state index in [1.165, 1.54) is 77.2 Å². The van der Waals surface area contributed by atoms with Crippen molar-refractivity contribution in [2.24, 2.45) is 5.73 Å². The molecule has 0 amide bonds. The predicted octanol–water partition coefficient (Wildman–Crippen LogP) is 4.33. The lowest BCUT2D eigenvalue weighted by Crippen LogP contribution is -2.42. The van der Waals surface area contributed by atoms with Gasteiger partial charge in [-0.05, 0) is 32.2 Å². The third kappa shape index (κ3) is 7.31. The lowest BCUT2D eigenvalue weighted by Gasteiger charge is -2.30. The molecule has 2 heteroatoms. The van der Waals surface area contributed by atoms with Gasteiger partial charge in [0, 0.05) is 18.6 Å². The monoisotopic (exact) mass is 268 g/mol. The Kier molecular flexibility index (Phi) is 9.54. The normalized spacial score (nSPS) is 17.1. The van der Waals surface area contributed by atoms with Gasteiger partial charge in [0.2, 0.25) is 0 Å². The minimum absolute atomic E-state index is 0.656. The first-order valence-corrected chi connectivity index (χ1v) is 8.79. The van der Waals surface area contributed by atoms with Gasteiger partial charge in [0.1, 0.15) is 0 Å². The number of nitrogens with zero attached hydrogens (tertiary/aromatic N) is 1. The van der Waals surface area contributed by atoms with E-state index in [2.05, 4.69) is 18.7 Å². The first-order valence-electron chi connectivity index (χ1n) is 8.79. The van der Waals surface area contributed by atoms with Crippen LogP contribution in [0.5, 0.6) is 0 Å². The Bertz CT molecular complexity index is 201. The fraction of sp³-hybridized carbons (Fsp3) is 1.00. The van der Waals surface area contributed by atoms with Crippen LogP contribution in [0.25, 0.3) is 0 Å². The Morgan fingerprint density at radius 2 is 1.58 bits per heavy atom. The number of rotatable bonds is 13. The maximum atomic E-state index is 6.01. The third-order valence-corrected chi connectivity index (χ3v) is 4.38. The van der Waals surface area contributed by atoms with Crippen LogP contribution in [-0.4, -0.2) is 30.1 Å². The fourth-order valence-electron chi connectivity index (χ4n) is 3.08. The van der Waals surface area contributed by atoms with Crippen LogP contribution in [0.15, 0.2) is 0 Å². The van der Waals surface area contributed by atoms with E-state index >= 15 is 0 Å². The molecule has 0 saturated heterocycles. The van der Waals surface area contributed by atoms with Gasteiger partial charge in [-0.3, -0.25) is 4.90 Å². The predicted molar refractivity (Wildman–Crippen MR) is 85.5 cm³/mol. The summed E-state index contributed by atoms with van der Waals surface area (Å²) in [5.74, 6) is 0. The van der Waals surface area contributed by atoms with Gasteiger partial charge in [0.05, 0.1) is 0 Å². The van der Waals surface area contributed by atoms with Crippen molar-refractivity contribution in [3.8, 4) is 0 Å². The highest BCUT2D eigenvalue weighted by Gasteiger charge is 2.32. The van der Waals surface area contributed by atoms with Gasteiger partial charge in [-0.1, -0.05) is 58.8 Å². The van der Waals surface area contributed by atoms with Crippen molar-refractivity contribution in [2.45, 2.75) is 96.6 Å². The van der Waals surface area contributed by atoms with E-state index in [0.29, 0.717) is 6.04 Å². The van der Waals surface area contributed by atoms with E-state index in [-0.39, 0.29) is 0 Å². The van der Waals surface area contributed by atoms with Crippen molar-refractivity contribution in [1.82, 2.24) is 4.90 Å². The second-order valence-electron chi connectivity index (χ2n) is 6.27. The summed E-state index contributed by atoms with van der Waals surface area (Å²) in [5.41, 5.74) is 6.01. The first-order chi connectivity index (χ1) is 9.33.